The predicted molar refractivity (Wildman–Crippen MR) is 63.3 cm³/mol. The standard InChI is InChI=1S/C11H19BrN2/c1-8(2)5-10-7-14(6-9(3)4)13-11(10)12/h7-9H,5-6H2,1-4H3. The fourth-order valence-corrected chi connectivity index (χ4v) is 1.95. The molecule has 0 fully saturated rings. The molecule has 1 heterocycles. The molecule has 0 aromatic carbocycles. The van der Waals surface area contributed by atoms with Crippen LogP contribution in [0.5, 0.6) is 0 Å². The van der Waals surface area contributed by atoms with Crippen molar-refractivity contribution in [1.29, 1.82) is 0 Å². The molecule has 0 atom stereocenters. The van der Waals surface area contributed by atoms with Crippen molar-refractivity contribution in [2.24, 2.45) is 11.8 Å². The summed E-state index contributed by atoms with van der Waals surface area (Å²) in [6.45, 7) is 9.87. The van der Waals surface area contributed by atoms with E-state index in [0.717, 1.165) is 17.6 Å². The monoisotopic (exact) mass is 258 g/mol. The van der Waals surface area contributed by atoms with Gasteiger partial charge in [-0.2, -0.15) is 5.10 Å². The Balaban J connectivity index is 2.72. The quantitative estimate of drug-likeness (QED) is 0.809. The van der Waals surface area contributed by atoms with Crippen molar-refractivity contribution in [3.8, 4) is 0 Å². The van der Waals surface area contributed by atoms with Crippen LogP contribution in [0.1, 0.15) is 33.3 Å². The number of hydrogen-bond donors (Lipinski definition) is 0. The Kier molecular flexibility index (Phi) is 4.17. The van der Waals surface area contributed by atoms with Crippen molar-refractivity contribution < 1.29 is 0 Å². The van der Waals surface area contributed by atoms with Crippen molar-refractivity contribution in [3.05, 3.63) is 16.4 Å². The highest BCUT2D eigenvalue weighted by Gasteiger charge is 2.08. The summed E-state index contributed by atoms with van der Waals surface area (Å²) in [4.78, 5) is 0. The van der Waals surface area contributed by atoms with Gasteiger partial charge in [-0.05, 0) is 34.2 Å². The highest BCUT2D eigenvalue weighted by Crippen LogP contribution is 2.18. The third-order valence-electron chi connectivity index (χ3n) is 1.97. The first-order chi connectivity index (χ1) is 6.49. The maximum atomic E-state index is 4.44. The lowest BCUT2D eigenvalue weighted by molar-refractivity contribution is 0.481. The summed E-state index contributed by atoms with van der Waals surface area (Å²) in [5.41, 5.74) is 1.32. The number of nitrogens with zero attached hydrogens (tertiary/aromatic N) is 2. The molecule has 0 aliphatic heterocycles. The molecule has 3 heteroatoms. The lowest BCUT2D eigenvalue weighted by Gasteiger charge is -2.03. The summed E-state index contributed by atoms with van der Waals surface area (Å²) in [6, 6.07) is 0. The van der Waals surface area contributed by atoms with E-state index in [9.17, 15) is 0 Å². The zero-order valence-electron chi connectivity index (χ0n) is 9.42. The van der Waals surface area contributed by atoms with Gasteiger partial charge in [0.15, 0.2) is 0 Å². The number of aromatic nitrogens is 2. The van der Waals surface area contributed by atoms with Gasteiger partial charge in [-0.25, -0.2) is 0 Å². The molecule has 1 aromatic rings. The van der Waals surface area contributed by atoms with Crippen LogP contribution in [0, 0.1) is 11.8 Å². The van der Waals surface area contributed by atoms with Gasteiger partial charge in [0.2, 0.25) is 0 Å². The summed E-state index contributed by atoms with van der Waals surface area (Å²) in [6.07, 6.45) is 3.25. The van der Waals surface area contributed by atoms with Gasteiger partial charge in [0.1, 0.15) is 4.60 Å². The van der Waals surface area contributed by atoms with Crippen molar-refractivity contribution in [2.75, 3.05) is 0 Å². The Hall–Kier alpha value is -0.310. The van der Waals surface area contributed by atoms with E-state index in [2.05, 4.69) is 54.9 Å². The molecule has 0 N–H and O–H groups in total. The Labute approximate surface area is 94.8 Å². The summed E-state index contributed by atoms with van der Waals surface area (Å²) in [5, 5.41) is 4.44. The first-order valence-electron chi connectivity index (χ1n) is 5.21. The van der Waals surface area contributed by atoms with Gasteiger partial charge >= 0.3 is 0 Å². The van der Waals surface area contributed by atoms with E-state index in [1.807, 2.05) is 4.68 Å². The van der Waals surface area contributed by atoms with Crippen LogP contribution in [0.3, 0.4) is 0 Å². The van der Waals surface area contributed by atoms with Crippen molar-refractivity contribution in [2.45, 2.75) is 40.7 Å². The highest BCUT2D eigenvalue weighted by atomic mass is 79.9. The van der Waals surface area contributed by atoms with Crippen LogP contribution in [-0.2, 0) is 13.0 Å². The normalized spacial score (nSPS) is 11.6. The second kappa shape index (κ2) is 4.96. The molecule has 2 nitrogen and oxygen atoms in total. The molecule has 0 saturated carbocycles. The average Bonchev–Trinajstić information content (AvgIpc) is 2.28. The van der Waals surface area contributed by atoms with Gasteiger partial charge in [-0.15, -0.1) is 0 Å². The van der Waals surface area contributed by atoms with Gasteiger partial charge in [-0.1, -0.05) is 27.7 Å². The Bertz CT molecular complexity index is 289. The van der Waals surface area contributed by atoms with E-state index < -0.39 is 0 Å². The molecular weight excluding hydrogens is 240 g/mol. The summed E-state index contributed by atoms with van der Waals surface area (Å²) in [7, 11) is 0. The Morgan fingerprint density at radius 1 is 1.29 bits per heavy atom. The van der Waals surface area contributed by atoms with Gasteiger partial charge in [0, 0.05) is 18.3 Å². The lowest BCUT2D eigenvalue weighted by atomic mass is 10.1. The molecule has 0 aliphatic rings. The van der Waals surface area contributed by atoms with Crippen LogP contribution >= 0.6 is 15.9 Å². The SMILES string of the molecule is CC(C)Cc1cn(CC(C)C)nc1Br. The molecule has 80 valence electrons. The van der Waals surface area contributed by atoms with Gasteiger partial charge in [0.25, 0.3) is 0 Å². The minimum Gasteiger partial charge on any atom is -0.271 e. The van der Waals surface area contributed by atoms with Crippen LogP contribution < -0.4 is 0 Å². The molecule has 0 saturated heterocycles. The Morgan fingerprint density at radius 3 is 2.43 bits per heavy atom. The fourth-order valence-electron chi connectivity index (χ4n) is 1.48. The molecular formula is C11H19BrN2. The topological polar surface area (TPSA) is 17.8 Å². The van der Waals surface area contributed by atoms with Crippen molar-refractivity contribution in [1.82, 2.24) is 9.78 Å². The van der Waals surface area contributed by atoms with Crippen LogP contribution in [0.4, 0.5) is 0 Å². The van der Waals surface area contributed by atoms with E-state index in [0.29, 0.717) is 11.8 Å². The smallest absolute Gasteiger partial charge is 0.131 e. The van der Waals surface area contributed by atoms with Crippen LogP contribution in [0.15, 0.2) is 10.8 Å². The van der Waals surface area contributed by atoms with Crippen molar-refractivity contribution >= 4 is 15.9 Å². The third kappa shape index (κ3) is 3.45. The summed E-state index contributed by atoms with van der Waals surface area (Å²) >= 11 is 3.50. The van der Waals surface area contributed by atoms with Crippen LogP contribution in [0.25, 0.3) is 0 Å². The zero-order valence-corrected chi connectivity index (χ0v) is 11.0. The average molecular weight is 259 g/mol. The molecule has 0 aliphatic carbocycles. The lowest BCUT2D eigenvalue weighted by Crippen LogP contribution is -2.04. The first-order valence-corrected chi connectivity index (χ1v) is 6.00. The minimum atomic E-state index is 0.647. The van der Waals surface area contributed by atoms with E-state index in [4.69, 9.17) is 0 Å². The number of hydrogen-bond acceptors (Lipinski definition) is 1. The summed E-state index contributed by atoms with van der Waals surface area (Å²) < 4.78 is 3.04. The minimum absolute atomic E-state index is 0.647. The number of rotatable bonds is 4. The van der Waals surface area contributed by atoms with Crippen LogP contribution in [0.2, 0.25) is 0 Å². The van der Waals surface area contributed by atoms with Gasteiger partial charge < -0.3 is 0 Å². The molecule has 0 spiro atoms. The second-order valence-corrected chi connectivity index (χ2v) is 5.41. The predicted octanol–water partition coefficient (Wildman–Crippen LogP) is 3.50. The maximum absolute atomic E-state index is 4.44. The van der Waals surface area contributed by atoms with E-state index in [-0.39, 0.29) is 0 Å². The Morgan fingerprint density at radius 2 is 1.93 bits per heavy atom. The molecule has 0 radical (unpaired) electrons. The van der Waals surface area contributed by atoms with Crippen molar-refractivity contribution in [3.63, 3.8) is 0 Å². The first kappa shape index (κ1) is 11.8. The molecule has 1 aromatic heterocycles. The number of halogens is 1. The highest BCUT2D eigenvalue weighted by molar-refractivity contribution is 9.10. The zero-order chi connectivity index (χ0) is 10.7. The second-order valence-electron chi connectivity index (χ2n) is 4.66. The van der Waals surface area contributed by atoms with Crippen LogP contribution in [-0.4, -0.2) is 9.78 Å². The van der Waals surface area contributed by atoms with Gasteiger partial charge in [-0.3, -0.25) is 4.68 Å². The largest absolute Gasteiger partial charge is 0.271 e. The van der Waals surface area contributed by atoms with E-state index >= 15 is 0 Å². The van der Waals surface area contributed by atoms with Gasteiger partial charge in [0.05, 0.1) is 0 Å². The molecule has 14 heavy (non-hydrogen) atoms. The fraction of sp³-hybridized carbons (Fsp3) is 0.727. The molecule has 1 rings (SSSR count). The molecule has 0 unspecified atom stereocenters. The van der Waals surface area contributed by atoms with E-state index in [1.54, 1.807) is 0 Å². The van der Waals surface area contributed by atoms with E-state index in [1.165, 1.54) is 5.56 Å². The molecule has 0 amide bonds. The summed E-state index contributed by atoms with van der Waals surface area (Å²) in [5.74, 6) is 1.33. The third-order valence-corrected chi connectivity index (χ3v) is 2.63. The maximum Gasteiger partial charge on any atom is 0.131 e. The molecule has 0 bridgehead atoms.